The Hall–Kier alpha value is -2.63. The van der Waals surface area contributed by atoms with Crippen molar-refractivity contribution in [3.05, 3.63) is 42.0 Å². The van der Waals surface area contributed by atoms with E-state index < -0.39 is 23.8 Å². The maximum absolute atomic E-state index is 12.5. The van der Waals surface area contributed by atoms with Crippen LogP contribution in [0.25, 0.3) is 0 Å². The highest BCUT2D eigenvalue weighted by molar-refractivity contribution is 5.97. The molecule has 0 heterocycles. The van der Waals surface area contributed by atoms with Gasteiger partial charge in [0, 0.05) is 5.69 Å². The Kier molecular flexibility index (Phi) is 3.90. The summed E-state index contributed by atoms with van der Waals surface area (Å²) in [5.41, 5.74) is 0.912. The van der Waals surface area contributed by atoms with Crippen molar-refractivity contribution < 1.29 is 24.2 Å². The van der Waals surface area contributed by atoms with Gasteiger partial charge in [0.15, 0.2) is 0 Å². The minimum Gasteiger partial charge on any atom is -0.481 e. The van der Waals surface area contributed by atoms with E-state index in [1.807, 2.05) is 12.2 Å². The zero-order valence-corrected chi connectivity index (χ0v) is 12.6. The highest BCUT2D eigenvalue weighted by atomic mass is 16.5. The molecule has 6 nitrogen and oxygen atoms in total. The van der Waals surface area contributed by atoms with Crippen LogP contribution < -0.4 is 5.32 Å². The van der Waals surface area contributed by atoms with Crippen LogP contribution in [-0.4, -0.2) is 30.1 Å². The number of nitrogens with one attached hydrogen (secondary N) is 1. The zero-order valence-electron chi connectivity index (χ0n) is 12.6. The molecule has 1 saturated carbocycles. The van der Waals surface area contributed by atoms with Crippen molar-refractivity contribution in [2.45, 2.75) is 6.42 Å². The van der Waals surface area contributed by atoms with Crippen LogP contribution in [0, 0.1) is 23.7 Å². The van der Waals surface area contributed by atoms with E-state index in [4.69, 9.17) is 0 Å². The van der Waals surface area contributed by atoms with E-state index in [2.05, 4.69) is 10.1 Å². The molecule has 0 aromatic heterocycles. The number of aliphatic carboxylic acids is 1. The predicted octanol–water partition coefficient (Wildman–Crippen LogP) is 1.93. The molecule has 1 fully saturated rings. The lowest BCUT2D eigenvalue weighted by atomic mass is 9.82. The van der Waals surface area contributed by atoms with Crippen molar-refractivity contribution in [1.82, 2.24) is 0 Å². The van der Waals surface area contributed by atoms with Crippen molar-refractivity contribution >= 4 is 23.5 Å². The van der Waals surface area contributed by atoms with Crippen molar-refractivity contribution in [3.63, 3.8) is 0 Å². The van der Waals surface area contributed by atoms with Crippen LogP contribution in [0.15, 0.2) is 36.4 Å². The molecule has 0 unspecified atom stereocenters. The number of esters is 1. The zero-order chi connectivity index (χ0) is 16.6. The summed E-state index contributed by atoms with van der Waals surface area (Å²) in [6.45, 7) is 0. The van der Waals surface area contributed by atoms with E-state index in [9.17, 15) is 19.5 Å². The third-order valence-corrected chi connectivity index (χ3v) is 4.62. The van der Waals surface area contributed by atoms with Gasteiger partial charge in [-0.3, -0.25) is 9.59 Å². The normalized spacial score (nSPS) is 27.7. The highest BCUT2D eigenvalue weighted by Crippen LogP contribution is 2.48. The summed E-state index contributed by atoms with van der Waals surface area (Å²) in [5.74, 6) is -2.97. The summed E-state index contributed by atoms with van der Waals surface area (Å²) in [6.07, 6.45) is 4.56. The van der Waals surface area contributed by atoms with E-state index >= 15 is 0 Å². The van der Waals surface area contributed by atoms with Crippen molar-refractivity contribution in [3.8, 4) is 0 Å². The molecule has 23 heavy (non-hydrogen) atoms. The standard InChI is InChI=1S/C17H17NO5/c1-23-17(22)9-4-6-12(7-5-9)18-15(19)13-10-2-3-11(8-10)14(13)16(20)21/h2-7,10-11,13-14H,8H2,1H3,(H,18,19)(H,20,21)/t10-,11+,13+,14-/m0/s1. The Morgan fingerprint density at radius 1 is 1.09 bits per heavy atom. The smallest absolute Gasteiger partial charge is 0.337 e. The van der Waals surface area contributed by atoms with E-state index in [0.29, 0.717) is 11.3 Å². The van der Waals surface area contributed by atoms with Gasteiger partial charge < -0.3 is 15.2 Å². The van der Waals surface area contributed by atoms with Crippen molar-refractivity contribution in [2.75, 3.05) is 12.4 Å². The van der Waals surface area contributed by atoms with E-state index in [1.165, 1.54) is 7.11 Å². The molecule has 0 saturated heterocycles. The van der Waals surface area contributed by atoms with Gasteiger partial charge >= 0.3 is 11.9 Å². The average Bonchev–Trinajstić information content (AvgIpc) is 3.15. The molecule has 1 amide bonds. The molecule has 3 rings (SSSR count). The van der Waals surface area contributed by atoms with E-state index in [1.54, 1.807) is 24.3 Å². The monoisotopic (exact) mass is 315 g/mol. The lowest BCUT2D eigenvalue weighted by Gasteiger charge is -2.23. The number of fused-ring (bicyclic) bond motifs is 2. The molecular weight excluding hydrogens is 298 g/mol. The molecule has 0 aliphatic heterocycles. The van der Waals surface area contributed by atoms with Crippen molar-refractivity contribution in [1.29, 1.82) is 0 Å². The average molecular weight is 315 g/mol. The fraction of sp³-hybridized carbons (Fsp3) is 0.353. The number of carboxylic acids is 1. The number of amides is 1. The number of carbonyl (C=O) groups is 3. The van der Waals surface area contributed by atoms with Gasteiger partial charge in [-0.1, -0.05) is 12.2 Å². The first kappa shape index (κ1) is 15.3. The van der Waals surface area contributed by atoms with Gasteiger partial charge in [0.1, 0.15) is 0 Å². The van der Waals surface area contributed by atoms with E-state index in [-0.39, 0.29) is 17.7 Å². The van der Waals surface area contributed by atoms with Crippen LogP contribution in [0.5, 0.6) is 0 Å². The summed E-state index contributed by atoms with van der Waals surface area (Å²) in [6, 6.07) is 6.31. The van der Waals surface area contributed by atoms with Crippen LogP contribution in [0.4, 0.5) is 5.69 Å². The Bertz CT molecular complexity index is 679. The number of ether oxygens (including phenoxy) is 1. The predicted molar refractivity (Wildman–Crippen MR) is 81.8 cm³/mol. The number of methoxy groups -OCH3 is 1. The molecule has 0 radical (unpaired) electrons. The van der Waals surface area contributed by atoms with Crippen LogP contribution in [0.3, 0.4) is 0 Å². The summed E-state index contributed by atoms with van der Waals surface area (Å²) in [7, 11) is 1.30. The van der Waals surface area contributed by atoms with Gasteiger partial charge in [0.25, 0.3) is 0 Å². The van der Waals surface area contributed by atoms with Gasteiger partial charge in [-0.25, -0.2) is 4.79 Å². The van der Waals surface area contributed by atoms with Gasteiger partial charge in [-0.15, -0.1) is 0 Å². The minimum atomic E-state index is -0.928. The summed E-state index contributed by atoms with van der Waals surface area (Å²) in [4.78, 5) is 35.3. The molecule has 0 spiro atoms. The Morgan fingerprint density at radius 3 is 2.26 bits per heavy atom. The molecule has 6 heteroatoms. The molecule has 1 aromatic rings. The van der Waals surface area contributed by atoms with Crippen molar-refractivity contribution in [2.24, 2.45) is 23.7 Å². The maximum Gasteiger partial charge on any atom is 0.337 e. The first-order valence-corrected chi connectivity index (χ1v) is 7.41. The first-order chi connectivity index (χ1) is 11.0. The second-order valence-electron chi connectivity index (χ2n) is 5.90. The fourth-order valence-corrected chi connectivity index (χ4v) is 3.55. The van der Waals surface area contributed by atoms with Gasteiger partial charge in [-0.2, -0.15) is 0 Å². The Labute approximate surface area is 133 Å². The van der Waals surface area contributed by atoms with Crippen LogP contribution in [0.1, 0.15) is 16.8 Å². The number of carbonyl (C=O) groups excluding carboxylic acids is 2. The number of benzene rings is 1. The molecule has 120 valence electrons. The van der Waals surface area contributed by atoms with Crippen LogP contribution in [-0.2, 0) is 14.3 Å². The van der Waals surface area contributed by atoms with Gasteiger partial charge in [0.05, 0.1) is 24.5 Å². The molecule has 2 bridgehead atoms. The SMILES string of the molecule is COC(=O)c1ccc(NC(=O)[C@H]2[C@@H](C(=O)O)[C@@H]3C=C[C@H]2C3)cc1. The molecule has 1 aromatic carbocycles. The largest absolute Gasteiger partial charge is 0.481 e. The third-order valence-electron chi connectivity index (χ3n) is 4.62. The summed E-state index contributed by atoms with van der Waals surface area (Å²) >= 11 is 0. The van der Waals surface area contributed by atoms with Gasteiger partial charge in [0.2, 0.25) is 5.91 Å². The molecule has 2 aliphatic rings. The van der Waals surface area contributed by atoms with Gasteiger partial charge in [-0.05, 0) is 42.5 Å². The maximum atomic E-state index is 12.5. The lowest BCUT2D eigenvalue weighted by Crippen LogP contribution is -2.36. The molecule has 2 aliphatic carbocycles. The second-order valence-corrected chi connectivity index (χ2v) is 5.90. The van der Waals surface area contributed by atoms with Crippen LogP contribution in [0.2, 0.25) is 0 Å². The molecular formula is C17H17NO5. The summed E-state index contributed by atoms with van der Waals surface area (Å²) in [5, 5.41) is 12.1. The Morgan fingerprint density at radius 2 is 1.70 bits per heavy atom. The highest BCUT2D eigenvalue weighted by Gasteiger charge is 2.51. The molecule has 2 N–H and O–H groups in total. The number of hydrogen-bond donors (Lipinski definition) is 2. The summed E-state index contributed by atoms with van der Waals surface area (Å²) < 4.78 is 4.61. The number of anilines is 1. The lowest BCUT2D eigenvalue weighted by molar-refractivity contribution is -0.146. The number of rotatable bonds is 4. The second kappa shape index (κ2) is 5.87. The Balaban J connectivity index is 1.73. The number of hydrogen-bond acceptors (Lipinski definition) is 4. The minimum absolute atomic E-state index is 0.0181. The van der Waals surface area contributed by atoms with E-state index in [0.717, 1.165) is 6.42 Å². The quantitative estimate of drug-likeness (QED) is 0.654. The number of allylic oxidation sites excluding steroid dienone is 2. The first-order valence-electron chi connectivity index (χ1n) is 7.41. The molecule has 4 atom stereocenters. The number of carboxylic acid groups (broad SMARTS) is 1. The topological polar surface area (TPSA) is 92.7 Å². The fourth-order valence-electron chi connectivity index (χ4n) is 3.55. The van der Waals surface area contributed by atoms with Crippen LogP contribution >= 0.6 is 0 Å². The third kappa shape index (κ3) is 2.72.